The number of amides is 1. The van der Waals surface area contributed by atoms with E-state index in [4.69, 9.17) is 4.74 Å². The third-order valence-corrected chi connectivity index (χ3v) is 5.55. The predicted molar refractivity (Wildman–Crippen MR) is 101 cm³/mol. The summed E-state index contributed by atoms with van der Waals surface area (Å²) < 4.78 is 33.2. The number of rotatable bonds is 7. The number of ether oxygens (including phenoxy) is 1. The quantitative estimate of drug-likeness (QED) is 0.710. The Labute approximate surface area is 155 Å². The Bertz CT molecular complexity index is 869. The van der Waals surface area contributed by atoms with E-state index in [1.54, 1.807) is 18.2 Å². The molecule has 2 aromatic carbocycles. The van der Waals surface area contributed by atoms with E-state index in [9.17, 15) is 13.2 Å². The van der Waals surface area contributed by atoms with Crippen molar-refractivity contribution in [3.8, 4) is 5.75 Å². The van der Waals surface area contributed by atoms with E-state index in [1.807, 2.05) is 13.0 Å². The maximum Gasteiger partial charge on any atom is 0.255 e. The summed E-state index contributed by atoms with van der Waals surface area (Å²) in [6, 6.07) is 11.5. The van der Waals surface area contributed by atoms with Gasteiger partial charge < -0.3 is 10.1 Å². The van der Waals surface area contributed by atoms with Gasteiger partial charge in [-0.05, 0) is 52.7 Å². The smallest absolute Gasteiger partial charge is 0.255 e. The summed E-state index contributed by atoms with van der Waals surface area (Å²) in [5, 5.41) is 2.74. The van der Waals surface area contributed by atoms with Crippen molar-refractivity contribution in [2.24, 2.45) is 0 Å². The lowest BCUT2D eigenvalue weighted by Crippen LogP contribution is -2.25. The number of methoxy groups -OCH3 is 1. The highest BCUT2D eigenvalue weighted by Gasteiger charge is 2.21. The second-order valence-corrected chi connectivity index (χ2v) is 7.79. The average Bonchev–Trinajstić information content (AvgIpc) is 2.61. The van der Waals surface area contributed by atoms with E-state index in [0.29, 0.717) is 18.7 Å². The lowest BCUT2D eigenvalue weighted by molar-refractivity contribution is 0.102. The summed E-state index contributed by atoms with van der Waals surface area (Å²) in [6.07, 6.45) is 0.657. The molecule has 0 aromatic heterocycles. The van der Waals surface area contributed by atoms with Crippen molar-refractivity contribution < 1.29 is 17.9 Å². The Morgan fingerprint density at radius 3 is 2.56 bits per heavy atom. The van der Waals surface area contributed by atoms with Crippen molar-refractivity contribution in [2.75, 3.05) is 19.0 Å². The van der Waals surface area contributed by atoms with Crippen LogP contribution in [0, 0.1) is 0 Å². The van der Waals surface area contributed by atoms with Gasteiger partial charge in [0.1, 0.15) is 10.6 Å². The molecule has 0 aliphatic rings. The molecule has 0 spiro atoms. The van der Waals surface area contributed by atoms with Crippen molar-refractivity contribution in [3.63, 3.8) is 0 Å². The van der Waals surface area contributed by atoms with Crippen LogP contribution < -0.4 is 14.8 Å². The first-order valence-corrected chi connectivity index (χ1v) is 9.90. The van der Waals surface area contributed by atoms with Gasteiger partial charge in [-0.3, -0.25) is 4.79 Å². The number of sulfonamides is 1. The third-order valence-electron chi connectivity index (χ3n) is 3.38. The first kappa shape index (κ1) is 19.4. The zero-order chi connectivity index (χ0) is 18.4. The Morgan fingerprint density at radius 2 is 1.92 bits per heavy atom. The number of anilines is 1. The zero-order valence-electron chi connectivity index (χ0n) is 13.9. The first-order chi connectivity index (χ1) is 11.9. The standard InChI is InChI=1S/C17H19BrN2O4S/c1-3-10-19-25(22,23)16-11-12(8-9-15(16)24-2)17(21)20-14-7-5-4-6-13(14)18/h4-9,11,19H,3,10H2,1-2H3,(H,20,21). The van der Waals surface area contributed by atoms with E-state index in [1.165, 1.54) is 25.3 Å². The van der Waals surface area contributed by atoms with Gasteiger partial charge in [-0.2, -0.15) is 0 Å². The second-order valence-electron chi connectivity index (χ2n) is 5.20. The molecule has 2 N–H and O–H groups in total. The summed E-state index contributed by atoms with van der Waals surface area (Å²) in [6.45, 7) is 2.17. The molecule has 0 unspecified atom stereocenters. The highest BCUT2D eigenvalue weighted by atomic mass is 79.9. The molecule has 0 aliphatic carbocycles. The number of benzene rings is 2. The topological polar surface area (TPSA) is 84.5 Å². The molecule has 1 amide bonds. The molecular weight excluding hydrogens is 408 g/mol. The molecule has 0 saturated heterocycles. The van der Waals surface area contributed by atoms with Gasteiger partial charge in [0.05, 0.1) is 12.8 Å². The van der Waals surface area contributed by atoms with E-state index >= 15 is 0 Å². The maximum atomic E-state index is 12.5. The lowest BCUT2D eigenvalue weighted by atomic mass is 10.2. The van der Waals surface area contributed by atoms with Crippen LogP contribution >= 0.6 is 15.9 Å². The number of nitrogens with one attached hydrogen (secondary N) is 2. The predicted octanol–water partition coefficient (Wildman–Crippen LogP) is 3.40. The van der Waals surface area contributed by atoms with Crippen molar-refractivity contribution in [2.45, 2.75) is 18.2 Å². The van der Waals surface area contributed by atoms with Crippen LogP contribution in [0.3, 0.4) is 0 Å². The summed E-state index contributed by atoms with van der Waals surface area (Å²) in [7, 11) is -2.38. The first-order valence-electron chi connectivity index (χ1n) is 7.62. The molecule has 8 heteroatoms. The Kier molecular flexibility index (Phi) is 6.57. The fraction of sp³-hybridized carbons (Fsp3) is 0.235. The van der Waals surface area contributed by atoms with Crippen LogP contribution in [0.5, 0.6) is 5.75 Å². The van der Waals surface area contributed by atoms with Gasteiger partial charge in [0.2, 0.25) is 10.0 Å². The summed E-state index contributed by atoms with van der Waals surface area (Å²) in [5.41, 5.74) is 0.810. The molecular formula is C17H19BrN2O4S. The van der Waals surface area contributed by atoms with Crippen LogP contribution in [0.2, 0.25) is 0 Å². The van der Waals surface area contributed by atoms with Crippen molar-refractivity contribution in [1.82, 2.24) is 4.72 Å². The molecule has 134 valence electrons. The van der Waals surface area contributed by atoms with Gasteiger partial charge in [0.15, 0.2) is 0 Å². The molecule has 2 rings (SSSR count). The van der Waals surface area contributed by atoms with Gasteiger partial charge >= 0.3 is 0 Å². The Hall–Kier alpha value is -1.90. The molecule has 0 radical (unpaired) electrons. The average molecular weight is 427 g/mol. The number of carbonyl (C=O) groups is 1. The normalized spacial score (nSPS) is 11.2. The van der Waals surface area contributed by atoms with E-state index < -0.39 is 15.9 Å². The number of carbonyl (C=O) groups excluding carboxylic acids is 1. The molecule has 0 saturated carbocycles. The molecule has 0 heterocycles. The van der Waals surface area contributed by atoms with Crippen molar-refractivity contribution in [1.29, 1.82) is 0 Å². The molecule has 0 aliphatic heterocycles. The minimum absolute atomic E-state index is 0.0665. The van der Waals surface area contributed by atoms with Crippen LogP contribution in [0.15, 0.2) is 51.8 Å². The minimum Gasteiger partial charge on any atom is -0.495 e. The molecule has 25 heavy (non-hydrogen) atoms. The summed E-state index contributed by atoms with van der Waals surface area (Å²) >= 11 is 3.35. The number of halogens is 1. The number of hydrogen-bond donors (Lipinski definition) is 2. The monoisotopic (exact) mass is 426 g/mol. The van der Waals surface area contributed by atoms with Gasteiger partial charge in [-0.25, -0.2) is 13.1 Å². The second kappa shape index (κ2) is 8.46. The number of para-hydroxylation sites is 1. The molecule has 0 bridgehead atoms. The van der Waals surface area contributed by atoms with Crippen LogP contribution in [-0.2, 0) is 10.0 Å². The van der Waals surface area contributed by atoms with Crippen LogP contribution in [0.4, 0.5) is 5.69 Å². The fourth-order valence-corrected chi connectivity index (χ4v) is 3.81. The van der Waals surface area contributed by atoms with Crippen LogP contribution in [0.1, 0.15) is 23.7 Å². The van der Waals surface area contributed by atoms with Crippen molar-refractivity contribution in [3.05, 3.63) is 52.5 Å². The van der Waals surface area contributed by atoms with E-state index in [2.05, 4.69) is 26.0 Å². The maximum absolute atomic E-state index is 12.5. The minimum atomic E-state index is -3.77. The summed E-state index contributed by atoms with van der Waals surface area (Å²) in [5.74, 6) is -0.234. The van der Waals surface area contributed by atoms with Gasteiger partial charge in [0.25, 0.3) is 5.91 Å². The largest absolute Gasteiger partial charge is 0.495 e. The highest BCUT2D eigenvalue weighted by Crippen LogP contribution is 2.26. The molecule has 0 atom stereocenters. The lowest BCUT2D eigenvalue weighted by Gasteiger charge is -2.12. The van der Waals surface area contributed by atoms with E-state index in [0.717, 1.165) is 4.47 Å². The Balaban J connectivity index is 2.35. The van der Waals surface area contributed by atoms with E-state index in [-0.39, 0.29) is 16.2 Å². The van der Waals surface area contributed by atoms with Gasteiger partial charge in [-0.15, -0.1) is 0 Å². The van der Waals surface area contributed by atoms with Crippen LogP contribution in [0.25, 0.3) is 0 Å². The fourth-order valence-electron chi connectivity index (χ4n) is 2.10. The number of hydrogen-bond acceptors (Lipinski definition) is 4. The van der Waals surface area contributed by atoms with Crippen molar-refractivity contribution >= 4 is 37.5 Å². The van der Waals surface area contributed by atoms with Gasteiger partial charge in [0, 0.05) is 16.6 Å². The van der Waals surface area contributed by atoms with Crippen LogP contribution in [-0.4, -0.2) is 28.0 Å². The molecule has 0 fully saturated rings. The summed E-state index contributed by atoms with van der Waals surface area (Å²) in [4.78, 5) is 12.4. The molecule has 6 nitrogen and oxygen atoms in total. The highest BCUT2D eigenvalue weighted by molar-refractivity contribution is 9.10. The Morgan fingerprint density at radius 1 is 1.20 bits per heavy atom. The third kappa shape index (κ3) is 4.81. The zero-order valence-corrected chi connectivity index (χ0v) is 16.3. The molecule has 2 aromatic rings. The van der Waals surface area contributed by atoms with Gasteiger partial charge in [-0.1, -0.05) is 19.1 Å². The SMILES string of the molecule is CCCNS(=O)(=O)c1cc(C(=O)Nc2ccccc2Br)ccc1OC.